The van der Waals surface area contributed by atoms with E-state index in [1.807, 2.05) is 24.3 Å². The van der Waals surface area contributed by atoms with Gasteiger partial charge < -0.3 is 9.84 Å². The number of carbonyl (C=O) groups is 1. The van der Waals surface area contributed by atoms with Crippen molar-refractivity contribution in [3.8, 4) is 0 Å². The number of carboxylic acid groups (broad SMARTS) is 1. The van der Waals surface area contributed by atoms with Crippen LogP contribution >= 0.6 is 15.9 Å². The Morgan fingerprint density at radius 1 is 1.10 bits per heavy atom. The Balaban J connectivity index is 2.03. The van der Waals surface area contributed by atoms with Crippen LogP contribution < -0.4 is 0 Å². The van der Waals surface area contributed by atoms with Gasteiger partial charge in [-0.25, -0.2) is 9.18 Å². The molecule has 0 saturated heterocycles. The van der Waals surface area contributed by atoms with Gasteiger partial charge in [0.25, 0.3) is 0 Å². The second-order valence-corrected chi connectivity index (χ2v) is 5.02. The van der Waals surface area contributed by atoms with Crippen molar-refractivity contribution in [3.05, 3.63) is 69.4 Å². The molecule has 20 heavy (non-hydrogen) atoms. The Hall–Kier alpha value is -1.72. The van der Waals surface area contributed by atoms with Gasteiger partial charge in [0.1, 0.15) is 5.82 Å². The summed E-state index contributed by atoms with van der Waals surface area (Å²) in [4.78, 5) is 10.8. The number of ether oxygens (including phenoxy) is 1. The van der Waals surface area contributed by atoms with Crippen molar-refractivity contribution in [3.63, 3.8) is 0 Å². The number of halogens is 2. The van der Waals surface area contributed by atoms with E-state index in [1.165, 1.54) is 18.2 Å². The van der Waals surface area contributed by atoms with Crippen molar-refractivity contribution in [2.45, 2.75) is 13.2 Å². The van der Waals surface area contributed by atoms with E-state index in [-0.39, 0.29) is 17.7 Å². The largest absolute Gasteiger partial charge is 0.478 e. The van der Waals surface area contributed by atoms with Crippen LogP contribution in [-0.4, -0.2) is 11.1 Å². The summed E-state index contributed by atoms with van der Waals surface area (Å²) in [6.07, 6.45) is 0. The summed E-state index contributed by atoms with van der Waals surface area (Å²) in [5.74, 6) is -2.03. The first kappa shape index (κ1) is 14.7. The second-order valence-electron chi connectivity index (χ2n) is 4.17. The molecule has 5 heteroatoms. The molecule has 1 N–H and O–H groups in total. The third-order valence-corrected chi connectivity index (χ3v) is 3.56. The van der Waals surface area contributed by atoms with E-state index in [4.69, 9.17) is 9.84 Å². The van der Waals surface area contributed by atoms with E-state index >= 15 is 0 Å². The molecule has 0 bridgehead atoms. The summed E-state index contributed by atoms with van der Waals surface area (Å²) in [7, 11) is 0. The Labute approximate surface area is 124 Å². The van der Waals surface area contributed by atoms with E-state index in [9.17, 15) is 9.18 Å². The lowest BCUT2D eigenvalue weighted by Gasteiger charge is -2.08. The molecular formula is C15H12BrFO3. The zero-order chi connectivity index (χ0) is 14.5. The molecule has 104 valence electrons. The highest BCUT2D eigenvalue weighted by molar-refractivity contribution is 9.10. The molecule has 0 unspecified atom stereocenters. The zero-order valence-corrected chi connectivity index (χ0v) is 12.1. The predicted octanol–water partition coefficient (Wildman–Crippen LogP) is 4.00. The number of hydrogen-bond donors (Lipinski definition) is 1. The smallest absolute Gasteiger partial charge is 0.338 e. The summed E-state index contributed by atoms with van der Waals surface area (Å²) in [5.41, 5.74) is 0.839. The number of hydrogen-bond acceptors (Lipinski definition) is 2. The summed E-state index contributed by atoms with van der Waals surface area (Å²) in [5, 5.41) is 8.84. The van der Waals surface area contributed by atoms with E-state index in [0.29, 0.717) is 6.61 Å². The molecule has 0 aliphatic carbocycles. The average Bonchev–Trinajstić information content (AvgIpc) is 2.42. The number of carboxylic acids is 1. The van der Waals surface area contributed by atoms with E-state index < -0.39 is 11.8 Å². The van der Waals surface area contributed by atoms with Crippen LogP contribution in [-0.2, 0) is 18.0 Å². The van der Waals surface area contributed by atoms with Crippen molar-refractivity contribution in [1.82, 2.24) is 0 Å². The molecule has 3 nitrogen and oxygen atoms in total. The Morgan fingerprint density at radius 2 is 1.75 bits per heavy atom. The number of aromatic carboxylic acids is 1. The van der Waals surface area contributed by atoms with Gasteiger partial charge in [0.2, 0.25) is 0 Å². The minimum absolute atomic E-state index is 0.0221. The van der Waals surface area contributed by atoms with Gasteiger partial charge >= 0.3 is 5.97 Å². The number of rotatable bonds is 5. The molecule has 0 amide bonds. The van der Waals surface area contributed by atoms with Gasteiger partial charge in [0.05, 0.1) is 18.8 Å². The fraction of sp³-hybridized carbons (Fsp3) is 0.133. The molecule has 0 aliphatic heterocycles. The predicted molar refractivity (Wildman–Crippen MR) is 76.0 cm³/mol. The van der Waals surface area contributed by atoms with Crippen LogP contribution in [0.1, 0.15) is 21.5 Å². The highest BCUT2D eigenvalue weighted by Gasteiger charge is 2.13. The third kappa shape index (κ3) is 3.43. The van der Waals surface area contributed by atoms with Crippen molar-refractivity contribution >= 4 is 21.9 Å². The first-order valence-electron chi connectivity index (χ1n) is 5.91. The van der Waals surface area contributed by atoms with E-state index in [0.717, 1.165) is 10.0 Å². The van der Waals surface area contributed by atoms with Gasteiger partial charge in [-0.05, 0) is 17.7 Å². The molecule has 2 rings (SSSR count). The Kier molecular flexibility index (Phi) is 4.87. The van der Waals surface area contributed by atoms with Crippen LogP contribution in [0.2, 0.25) is 0 Å². The van der Waals surface area contributed by atoms with Gasteiger partial charge in [-0.15, -0.1) is 0 Å². The molecular weight excluding hydrogens is 327 g/mol. The monoisotopic (exact) mass is 338 g/mol. The molecule has 0 saturated carbocycles. The lowest BCUT2D eigenvalue weighted by atomic mass is 10.1. The quantitative estimate of drug-likeness (QED) is 0.896. The Bertz CT molecular complexity index is 628. The molecule has 0 atom stereocenters. The fourth-order valence-electron chi connectivity index (χ4n) is 1.74. The van der Waals surface area contributed by atoms with Crippen LogP contribution in [0, 0.1) is 5.82 Å². The standard InChI is InChI=1S/C15H12BrFO3/c16-13-7-2-1-4-10(13)8-20-9-11-5-3-6-12(14(11)17)15(18)19/h1-7H,8-9H2,(H,18,19). The second kappa shape index (κ2) is 6.63. The minimum Gasteiger partial charge on any atom is -0.478 e. The van der Waals surface area contributed by atoms with Gasteiger partial charge in [0, 0.05) is 10.0 Å². The van der Waals surface area contributed by atoms with Gasteiger partial charge in [-0.2, -0.15) is 0 Å². The molecule has 0 heterocycles. The zero-order valence-electron chi connectivity index (χ0n) is 10.5. The van der Waals surface area contributed by atoms with Crippen LogP contribution in [0.3, 0.4) is 0 Å². The third-order valence-electron chi connectivity index (χ3n) is 2.78. The minimum atomic E-state index is -1.28. The lowest BCUT2D eigenvalue weighted by Crippen LogP contribution is -2.05. The molecule has 0 aliphatic rings. The highest BCUT2D eigenvalue weighted by Crippen LogP contribution is 2.18. The van der Waals surface area contributed by atoms with Crippen LogP contribution in [0.5, 0.6) is 0 Å². The van der Waals surface area contributed by atoms with Crippen molar-refractivity contribution < 1.29 is 19.0 Å². The maximum Gasteiger partial charge on any atom is 0.338 e. The molecule has 2 aromatic rings. The van der Waals surface area contributed by atoms with Crippen molar-refractivity contribution in [1.29, 1.82) is 0 Å². The molecule has 0 aromatic heterocycles. The maximum atomic E-state index is 13.9. The SMILES string of the molecule is O=C(O)c1cccc(COCc2ccccc2Br)c1F. The normalized spacial score (nSPS) is 10.5. The van der Waals surface area contributed by atoms with Crippen LogP contribution in [0.15, 0.2) is 46.9 Å². The first-order valence-corrected chi connectivity index (χ1v) is 6.70. The average molecular weight is 339 g/mol. The highest BCUT2D eigenvalue weighted by atomic mass is 79.9. The summed E-state index contributed by atoms with van der Waals surface area (Å²) in [6, 6.07) is 11.8. The van der Waals surface area contributed by atoms with Gasteiger partial charge in [0.15, 0.2) is 0 Å². The molecule has 2 aromatic carbocycles. The van der Waals surface area contributed by atoms with Crippen molar-refractivity contribution in [2.24, 2.45) is 0 Å². The lowest BCUT2D eigenvalue weighted by molar-refractivity contribution is 0.0689. The number of benzene rings is 2. The summed E-state index contributed by atoms with van der Waals surface area (Å²) in [6.45, 7) is 0.340. The summed E-state index contributed by atoms with van der Waals surface area (Å²) < 4.78 is 20.2. The topological polar surface area (TPSA) is 46.5 Å². The first-order chi connectivity index (χ1) is 9.59. The van der Waals surface area contributed by atoms with Crippen molar-refractivity contribution in [2.75, 3.05) is 0 Å². The van der Waals surface area contributed by atoms with Crippen LogP contribution in [0.4, 0.5) is 4.39 Å². The van der Waals surface area contributed by atoms with Crippen LogP contribution in [0.25, 0.3) is 0 Å². The van der Waals surface area contributed by atoms with E-state index in [2.05, 4.69) is 15.9 Å². The van der Waals surface area contributed by atoms with Gasteiger partial charge in [-0.3, -0.25) is 0 Å². The fourth-order valence-corrected chi connectivity index (χ4v) is 2.14. The maximum absolute atomic E-state index is 13.9. The molecule has 0 spiro atoms. The summed E-state index contributed by atoms with van der Waals surface area (Å²) >= 11 is 3.40. The van der Waals surface area contributed by atoms with E-state index in [1.54, 1.807) is 0 Å². The van der Waals surface area contributed by atoms with Gasteiger partial charge in [-0.1, -0.05) is 46.3 Å². The molecule has 0 radical (unpaired) electrons. The molecule has 0 fully saturated rings. The Morgan fingerprint density at radius 3 is 2.45 bits per heavy atom.